The molecular weight excluding hydrogens is 437 g/mol. The van der Waals surface area contributed by atoms with Gasteiger partial charge in [-0.1, -0.05) is 38.1 Å². The lowest BCUT2D eigenvalue weighted by molar-refractivity contribution is -0.271. The van der Waals surface area contributed by atoms with Gasteiger partial charge in [-0.25, -0.2) is 4.79 Å². The number of ether oxygens (including phenoxy) is 2. The van der Waals surface area contributed by atoms with E-state index in [0.29, 0.717) is 5.56 Å². The molecule has 9 nitrogen and oxygen atoms in total. The molecule has 2 heterocycles. The Morgan fingerprint density at radius 3 is 2.31 bits per heavy atom. The van der Waals surface area contributed by atoms with E-state index in [1.165, 1.54) is 0 Å². The Balaban J connectivity index is 1.91. The Morgan fingerprint density at radius 2 is 1.78 bits per heavy atom. The summed E-state index contributed by atoms with van der Waals surface area (Å²) < 4.78 is 50.8. The minimum absolute atomic E-state index is 0.233. The average Bonchev–Trinajstić information content (AvgIpc) is 3.11. The molecule has 1 aliphatic rings. The van der Waals surface area contributed by atoms with Gasteiger partial charge in [0, 0.05) is 6.42 Å². The van der Waals surface area contributed by atoms with E-state index in [4.69, 9.17) is 14.6 Å². The van der Waals surface area contributed by atoms with E-state index in [1.807, 2.05) is 18.9 Å². The molecule has 2 aromatic rings. The number of aliphatic carboxylic acids is 1. The molecule has 5 N–H and O–H groups in total. The normalized spacial score (nSPS) is 26.3. The van der Waals surface area contributed by atoms with Crippen LogP contribution in [-0.4, -0.2) is 67.3 Å². The summed E-state index contributed by atoms with van der Waals surface area (Å²) in [5.41, 5.74) is -0.0474. The van der Waals surface area contributed by atoms with Crippen molar-refractivity contribution in [3.8, 4) is 5.88 Å². The molecule has 0 unspecified atom stereocenters. The number of hydrogen-bond donors (Lipinski definition) is 5. The Morgan fingerprint density at radius 1 is 1.16 bits per heavy atom. The number of rotatable bonds is 6. The van der Waals surface area contributed by atoms with Gasteiger partial charge in [-0.05, 0) is 17.0 Å². The third-order valence-electron chi connectivity index (χ3n) is 5.18. The summed E-state index contributed by atoms with van der Waals surface area (Å²) >= 11 is 0. The van der Waals surface area contributed by atoms with Crippen LogP contribution in [0.2, 0.25) is 0 Å². The van der Waals surface area contributed by atoms with Gasteiger partial charge in [-0.2, -0.15) is 13.2 Å². The predicted molar refractivity (Wildman–Crippen MR) is 102 cm³/mol. The van der Waals surface area contributed by atoms with Crippen LogP contribution >= 0.6 is 0 Å². The molecule has 1 saturated heterocycles. The van der Waals surface area contributed by atoms with Crippen molar-refractivity contribution in [2.24, 2.45) is 0 Å². The van der Waals surface area contributed by atoms with Crippen LogP contribution < -0.4 is 4.74 Å². The fourth-order valence-electron chi connectivity index (χ4n) is 3.33. The second-order valence-electron chi connectivity index (χ2n) is 7.81. The van der Waals surface area contributed by atoms with Crippen LogP contribution in [0.15, 0.2) is 24.3 Å². The molecule has 1 fully saturated rings. The summed E-state index contributed by atoms with van der Waals surface area (Å²) in [5, 5.41) is 44.2. The average molecular weight is 460 g/mol. The van der Waals surface area contributed by atoms with Crippen LogP contribution in [0.1, 0.15) is 42.1 Å². The summed E-state index contributed by atoms with van der Waals surface area (Å²) in [4.78, 5) is 11.2. The van der Waals surface area contributed by atoms with Crippen LogP contribution in [0.3, 0.4) is 0 Å². The number of nitrogens with zero attached hydrogens (tertiary/aromatic N) is 1. The number of nitrogens with one attached hydrogen (secondary N) is 1. The number of aliphatic hydroxyl groups excluding tert-OH is 3. The standard InChI is InChI=1S/C20H23F3N2O7/c1-8(2)10-5-3-9(4-6-10)7-11-16(20(21,22)23)24-25-17(11)32-19-14(28)12(26)13(27)15(31-19)18(29)30/h3-6,8,12-15,19,26-28H,7H2,1-2H3,(H,24,25)(H,29,30)/t12-,13-,14+,15-,19-/m0/s1. The number of carboxylic acid groups (broad SMARTS) is 1. The van der Waals surface area contributed by atoms with Gasteiger partial charge in [0.25, 0.3) is 0 Å². The van der Waals surface area contributed by atoms with Crippen LogP contribution in [0, 0.1) is 0 Å². The van der Waals surface area contributed by atoms with Crippen molar-refractivity contribution in [1.29, 1.82) is 0 Å². The molecule has 1 aromatic carbocycles. The molecule has 1 aliphatic heterocycles. The van der Waals surface area contributed by atoms with E-state index in [1.54, 1.807) is 24.3 Å². The molecule has 0 spiro atoms. The number of benzene rings is 1. The van der Waals surface area contributed by atoms with Crippen molar-refractivity contribution >= 4 is 5.97 Å². The van der Waals surface area contributed by atoms with Crippen LogP contribution in [0.25, 0.3) is 0 Å². The van der Waals surface area contributed by atoms with E-state index in [2.05, 4.69) is 5.10 Å². The zero-order valence-corrected chi connectivity index (χ0v) is 17.1. The van der Waals surface area contributed by atoms with Gasteiger partial charge < -0.3 is 29.9 Å². The van der Waals surface area contributed by atoms with Crippen LogP contribution in [-0.2, 0) is 22.1 Å². The summed E-state index contributed by atoms with van der Waals surface area (Å²) in [6, 6.07) is 6.91. The zero-order chi connectivity index (χ0) is 23.8. The second-order valence-corrected chi connectivity index (χ2v) is 7.81. The summed E-state index contributed by atoms with van der Waals surface area (Å²) in [6.07, 6.45) is -14.8. The maximum absolute atomic E-state index is 13.5. The minimum Gasteiger partial charge on any atom is -0.479 e. The van der Waals surface area contributed by atoms with Crippen LogP contribution in [0.5, 0.6) is 5.88 Å². The lowest BCUT2D eigenvalue weighted by Crippen LogP contribution is -2.61. The highest BCUT2D eigenvalue weighted by molar-refractivity contribution is 5.73. The number of aromatic amines is 1. The van der Waals surface area contributed by atoms with Crippen molar-refractivity contribution in [3.05, 3.63) is 46.6 Å². The maximum Gasteiger partial charge on any atom is 0.433 e. The fourth-order valence-corrected chi connectivity index (χ4v) is 3.33. The first-order chi connectivity index (χ1) is 14.9. The van der Waals surface area contributed by atoms with Crippen molar-refractivity contribution in [3.63, 3.8) is 0 Å². The Hall–Kier alpha value is -2.67. The first kappa shape index (κ1) is 24.0. The third-order valence-corrected chi connectivity index (χ3v) is 5.18. The summed E-state index contributed by atoms with van der Waals surface area (Å²) in [5.74, 6) is -2.00. The molecule has 0 aliphatic carbocycles. The molecule has 0 amide bonds. The first-order valence-electron chi connectivity index (χ1n) is 9.72. The number of carboxylic acids is 1. The fraction of sp³-hybridized carbons (Fsp3) is 0.500. The Bertz CT molecular complexity index is 946. The van der Waals surface area contributed by atoms with Gasteiger partial charge in [-0.15, -0.1) is 5.10 Å². The number of carbonyl (C=O) groups is 1. The van der Waals surface area contributed by atoms with Gasteiger partial charge in [0.1, 0.15) is 24.0 Å². The van der Waals surface area contributed by atoms with Gasteiger partial charge in [0.2, 0.25) is 12.2 Å². The molecule has 0 radical (unpaired) electrons. The molecule has 0 saturated carbocycles. The highest BCUT2D eigenvalue weighted by Crippen LogP contribution is 2.37. The van der Waals surface area contributed by atoms with E-state index in [9.17, 15) is 33.3 Å². The Kier molecular flexibility index (Phi) is 6.79. The molecule has 0 bridgehead atoms. The van der Waals surface area contributed by atoms with Gasteiger partial charge >= 0.3 is 12.1 Å². The number of halogens is 3. The van der Waals surface area contributed by atoms with Gasteiger partial charge in [0.15, 0.2) is 6.10 Å². The second kappa shape index (κ2) is 9.06. The van der Waals surface area contributed by atoms with Gasteiger partial charge in [0.05, 0.1) is 5.56 Å². The van der Waals surface area contributed by atoms with E-state index in [0.717, 1.165) is 5.56 Å². The SMILES string of the molecule is CC(C)c1ccc(Cc2c(O[C@@H]3O[C@H](C(=O)O)[C@@H](O)[C@H](O)[C@H]3O)n[nH]c2C(F)(F)F)cc1. The number of H-pyrrole nitrogens is 1. The third kappa shape index (κ3) is 4.88. The van der Waals surface area contributed by atoms with E-state index >= 15 is 0 Å². The number of aliphatic hydroxyl groups is 3. The maximum atomic E-state index is 13.5. The van der Waals surface area contributed by atoms with Crippen molar-refractivity contribution < 1.29 is 47.9 Å². The molecule has 3 rings (SSSR count). The first-order valence-corrected chi connectivity index (χ1v) is 9.72. The number of aromatic nitrogens is 2. The minimum atomic E-state index is -4.80. The molecule has 176 valence electrons. The predicted octanol–water partition coefficient (Wildman–Crippen LogP) is 1.41. The number of alkyl halides is 3. The monoisotopic (exact) mass is 460 g/mol. The molecule has 1 aromatic heterocycles. The highest BCUT2D eigenvalue weighted by Gasteiger charge is 2.49. The topological polar surface area (TPSA) is 145 Å². The lowest BCUT2D eigenvalue weighted by Gasteiger charge is -2.38. The highest BCUT2D eigenvalue weighted by atomic mass is 19.4. The van der Waals surface area contributed by atoms with E-state index in [-0.39, 0.29) is 12.3 Å². The van der Waals surface area contributed by atoms with Crippen LogP contribution in [0.4, 0.5) is 13.2 Å². The summed E-state index contributed by atoms with van der Waals surface area (Å²) in [6.45, 7) is 3.95. The number of hydrogen-bond acceptors (Lipinski definition) is 7. The van der Waals surface area contributed by atoms with Crippen molar-refractivity contribution in [2.75, 3.05) is 0 Å². The molecular formula is C20H23F3N2O7. The molecule has 5 atom stereocenters. The lowest BCUT2D eigenvalue weighted by atomic mass is 9.98. The largest absolute Gasteiger partial charge is 0.479 e. The quantitative estimate of drug-likeness (QED) is 0.435. The Labute approximate surface area is 180 Å². The summed E-state index contributed by atoms with van der Waals surface area (Å²) in [7, 11) is 0. The molecule has 32 heavy (non-hydrogen) atoms. The zero-order valence-electron chi connectivity index (χ0n) is 17.1. The van der Waals surface area contributed by atoms with E-state index < -0.39 is 60.0 Å². The van der Waals surface area contributed by atoms with Gasteiger partial charge in [-0.3, -0.25) is 5.10 Å². The van der Waals surface area contributed by atoms with Crippen molar-refractivity contribution in [1.82, 2.24) is 10.2 Å². The molecule has 12 heteroatoms. The smallest absolute Gasteiger partial charge is 0.433 e. The van der Waals surface area contributed by atoms with Crippen molar-refractivity contribution in [2.45, 2.75) is 63.1 Å².